The lowest BCUT2D eigenvalue weighted by molar-refractivity contribution is 0.881. The van der Waals surface area contributed by atoms with Gasteiger partial charge in [-0.15, -0.1) is 5.10 Å². The summed E-state index contributed by atoms with van der Waals surface area (Å²) in [5, 5.41) is 4.52. The fourth-order valence-corrected chi connectivity index (χ4v) is 1.99. The van der Waals surface area contributed by atoms with Crippen molar-refractivity contribution in [2.75, 3.05) is 0 Å². The second kappa shape index (κ2) is 5.13. The van der Waals surface area contributed by atoms with E-state index in [1.165, 1.54) is 5.56 Å². The summed E-state index contributed by atoms with van der Waals surface area (Å²) in [7, 11) is 0. The van der Waals surface area contributed by atoms with Gasteiger partial charge in [0, 0.05) is 5.56 Å². The third kappa shape index (κ3) is 2.38. The van der Waals surface area contributed by atoms with Gasteiger partial charge in [-0.1, -0.05) is 54.6 Å². The molecule has 0 aliphatic heterocycles. The molecule has 0 unspecified atom stereocenters. The van der Waals surface area contributed by atoms with Gasteiger partial charge in [-0.25, -0.2) is 9.67 Å². The second-order valence-electron chi connectivity index (χ2n) is 4.67. The summed E-state index contributed by atoms with van der Waals surface area (Å²) < 4.78 is 1.79. The molecule has 0 fully saturated rings. The maximum Gasteiger partial charge on any atom is 0.181 e. The third-order valence-electron chi connectivity index (χ3n) is 3.19. The first kappa shape index (κ1) is 12.4. The van der Waals surface area contributed by atoms with E-state index in [4.69, 9.17) is 0 Å². The minimum atomic E-state index is 0.723. The predicted molar refractivity (Wildman–Crippen MR) is 81.6 cm³/mol. The van der Waals surface area contributed by atoms with Crippen LogP contribution in [0.5, 0.6) is 0 Å². The minimum Gasteiger partial charge on any atom is -0.220 e. The first-order valence-electron chi connectivity index (χ1n) is 6.48. The van der Waals surface area contributed by atoms with E-state index >= 15 is 0 Å². The molecule has 20 heavy (non-hydrogen) atoms. The summed E-state index contributed by atoms with van der Waals surface area (Å²) in [6.45, 7) is 5.82. The SMILES string of the molecule is C=Cc1ccc(-c2ncn(-c3ccc(C)cc3)n2)cc1. The molecular weight excluding hydrogens is 246 g/mol. The van der Waals surface area contributed by atoms with Gasteiger partial charge in [0.05, 0.1) is 5.69 Å². The standard InChI is InChI=1S/C17H15N3/c1-3-14-6-8-15(9-7-14)17-18-12-20(19-17)16-10-4-13(2)5-11-16/h3-12H,1H2,2H3. The van der Waals surface area contributed by atoms with Crippen molar-refractivity contribution >= 4 is 6.08 Å². The van der Waals surface area contributed by atoms with Crippen LogP contribution in [0.2, 0.25) is 0 Å². The van der Waals surface area contributed by atoms with Crippen LogP contribution in [0.25, 0.3) is 23.2 Å². The Morgan fingerprint density at radius 2 is 1.70 bits per heavy atom. The number of aromatic nitrogens is 3. The Morgan fingerprint density at radius 3 is 2.35 bits per heavy atom. The van der Waals surface area contributed by atoms with Crippen LogP contribution in [0.3, 0.4) is 0 Å². The summed E-state index contributed by atoms with van der Waals surface area (Å²) in [5.41, 5.74) is 4.33. The van der Waals surface area contributed by atoms with Gasteiger partial charge in [0.25, 0.3) is 0 Å². The molecule has 0 saturated carbocycles. The zero-order chi connectivity index (χ0) is 13.9. The lowest BCUT2D eigenvalue weighted by Crippen LogP contribution is -1.94. The largest absolute Gasteiger partial charge is 0.220 e. The summed E-state index contributed by atoms with van der Waals surface area (Å²) >= 11 is 0. The molecular formula is C17H15N3. The van der Waals surface area contributed by atoms with Gasteiger partial charge >= 0.3 is 0 Å². The molecule has 0 saturated heterocycles. The quantitative estimate of drug-likeness (QED) is 0.716. The van der Waals surface area contributed by atoms with Crippen LogP contribution in [0.15, 0.2) is 61.4 Å². The fourth-order valence-electron chi connectivity index (χ4n) is 1.99. The fraction of sp³-hybridized carbons (Fsp3) is 0.0588. The number of aryl methyl sites for hydroxylation is 1. The highest BCUT2D eigenvalue weighted by molar-refractivity contribution is 5.59. The normalized spacial score (nSPS) is 10.4. The molecule has 1 aromatic heterocycles. The number of hydrogen-bond acceptors (Lipinski definition) is 2. The summed E-state index contributed by atoms with van der Waals surface area (Å²) in [4.78, 5) is 4.37. The van der Waals surface area contributed by atoms with Crippen LogP contribution in [0, 0.1) is 6.92 Å². The van der Waals surface area contributed by atoms with E-state index in [1.54, 1.807) is 11.0 Å². The number of rotatable bonds is 3. The van der Waals surface area contributed by atoms with Crippen molar-refractivity contribution in [3.05, 3.63) is 72.6 Å². The average Bonchev–Trinajstić information content (AvgIpc) is 2.98. The van der Waals surface area contributed by atoms with Crippen molar-refractivity contribution in [1.82, 2.24) is 14.8 Å². The van der Waals surface area contributed by atoms with Gasteiger partial charge in [0.2, 0.25) is 0 Å². The summed E-state index contributed by atoms with van der Waals surface area (Å²) in [5.74, 6) is 0.723. The van der Waals surface area contributed by atoms with Crippen molar-refractivity contribution < 1.29 is 0 Å². The van der Waals surface area contributed by atoms with Crippen LogP contribution in [0.4, 0.5) is 0 Å². The molecule has 0 radical (unpaired) electrons. The molecule has 0 aliphatic carbocycles. The van der Waals surface area contributed by atoms with E-state index < -0.39 is 0 Å². The average molecular weight is 261 g/mol. The molecule has 0 aliphatic rings. The van der Waals surface area contributed by atoms with E-state index in [9.17, 15) is 0 Å². The maximum absolute atomic E-state index is 4.52. The Morgan fingerprint density at radius 1 is 1.00 bits per heavy atom. The van der Waals surface area contributed by atoms with Crippen molar-refractivity contribution in [2.45, 2.75) is 6.92 Å². The zero-order valence-electron chi connectivity index (χ0n) is 11.3. The van der Waals surface area contributed by atoms with E-state index in [2.05, 4.69) is 35.7 Å². The summed E-state index contributed by atoms with van der Waals surface area (Å²) in [6, 6.07) is 16.2. The van der Waals surface area contributed by atoms with Crippen LogP contribution in [-0.4, -0.2) is 14.8 Å². The maximum atomic E-state index is 4.52. The minimum absolute atomic E-state index is 0.723. The van der Waals surface area contributed by atoms with Crippen molar-refractivity contribution in [3.8, 4) is 17.1 Å². The van der Waals surface area contributed by atoms with Gasteiger partial charge < -0.3 is 0 Å². The van der Waals surface area contributed by atoms with Crippen molar-refractivity contribution in [1.29, 1.82) is 0 Å². The number of benzene rings is 2. The van der Waals surface area contributed by atoms with E-state index in [0.29, 0.717) is 0 Å². The molecule has 0 N–H and O–H groups in total. The van der Waals surface area contributed by atoms with E-state index in [0.717, 1.165) is 22.6 Å². The van der Waals surface area contributed by atoms with Crippen LogP contribution >= 0.6 is 0 Å². The van der Waals surface area contributed by atoms with Gasteiger partial charge in [-0.05, 0) is 24.6 Å². The molecule has 3 aromatic rings. The summed E-state index contributed by atoms with van der Waals surface area (Å²) in [6.07, 6.45) is 3.56. The molecule has 3 nitrogen and oxygen atoms in total. The van der Waals surface area contributed by atoms with Crippen molar-refractivity contribution in [3.63, 3.8) is 0 Å². The van der Waals surface area contributed by atoms with Crippen LogP contribution in [-0.2, 0) is 0 Å². The molecule has 3 rings (SSSR count). The first-order chi connectivity index (χ1) is 9.76. The third-order valence-corrected chi connectivity index (χ3v) is 3.19. The first-order valence-corrected chi connectivity index (χ1v) is 6.48. The number of hydrogen-bond donors (Lipinski definition) is 0. The van der Waals surface area contributed by atoms with E-state index in [1.807, 2.05) is 42.5 Å². The second-order valence-corrected chi connectivity index (χ2v) is 4.67. The van der Waals surface area contributed by atoms with E-state index in [-0.39, 0.29) is 0 Å². The van der Waals surface area contributed by atoms with Crippen molar-refractivity contribution in [2.24, 2.45) is 0 Å². The Hall–Kier alpha value is -2.68. The predicted octanol–water partition coefficient (Wildman–Crippen LogP) is 3.89. The molecule has 3 heteroatoms. The van der Waals surface area contributed by atoms with Gasteiger partial charge in [0.15, 0.2) is 5.82 Å². The smallest absolute Gasteiger partial charge is 0.181 e. The Bertz CT molecular complexity index is 722. The topological polar surface area (TPSA) is 30.7 Å². The van der Waals surface area contributed by atoms with Crippen LogP contribution in [0.1, 0.15) is 11.1 Å². The number of nitrogens with zero attached hydrogens (tertiary/aromatic N) is 3. The zero-order valence-corrected chi connectivity index (χ0v) is 11.3. The Balaban J connectivity index is 1.92. The Labute approximate surface area is 118 Å². The lowest BCUT2D eigenvalue weighted by atomic mass is 10.1. The monoisotopic (exact) mass is 261 g/mol. The highest BCUT2D eigenvalue weighted by atomic mass is 15.3. The molecule has 0 bridgehead atoms. The highest BCUT2D eigenvalue weighted by Crippen LogP contribution is 2.17. The molecule has 0 atom stereocenters. The molecule has 98 valence electrons. The molecule has 2 aromatic carbocycles. The highest BCUT2D eigenvalue weighted by Gasteiger charge is 2.05. The van der Waals surface area contributed by atoms with Gasteiger partial charge in [-0.3, -0.25) is 0 Å². The Kier molecular flexibility index (Phi) is 3.17. The molecule has 0 amide bonds. The van der Waals surface area contributed by atoms with Gasteiger partial charge in [-0.2, -0.15) is 0 Å². The van der Waals surface area contributed by atoms with Crippen LogP contribution < -0.4 is 0 Å². The molecule has 0 spiro atoms. The lowest BCUT2D eigenvalue weighted by Gasteiger charge is -2.00. The molecule has 1 heterocycles. The van der Waals surface area contributed by atoms with Gasteiger partial charge in [0.1, 0.15) is 6.33 Å².